The normalized spacial score (nSPS) is 16.8. The quantitative estimate of drug-likeness (QED) is 0.782. The Morgan fingerprint density at radius 2 is 2.19 bits per heavy atom. The van der Waals surface area contributed by atoms with Crippen LogP contribution in [0.4, 0.5) is 0 Å². The molecule has 1 aliphatic carbocycles. The molecule has 0 spiro atoms. The molecule has 1 saturated carbocycles. The topological polar surface area (TPSA) is 94.0 Å². The standard InChI is InChI=1S/C10H16N4O2/c11-5-8-9(10(15)16)12-13-14(8)6-7-3-1-2-4-7/h7H,1-6,11H2,(H,15,16). The monoisotopic (exact) mass is 224 g/mol. The number of carbonyl (C=O) groups is 1. The molecule has 0 amide bonds. The van der Waals surface area contributed by atoms with Crippen LogP contribution in [0.2, 0.25) is 0 Å². The molecule has 1 fully saturated rings. The Morgan fingerprint density at radius 1 is 1.50 bits per heavy atom. The SMILES string of the molecule is NCc1c(C(=O)O)nnn1CC1CCCC1. The fraction of sp³-hybridized carbons (Fsp3) is 0.700. The van der Waals surface area contributed by atoms with Crippen LogP contribution in [0.25, 0.3) is 0 Å². The molecule has 1 aliphatic rings. The van der Waals surface area contributed by atoms with Crippen LogP contribution < -0.4 is 5.73 Å². The van der Waals surface area contributed by atoms with Crippen LogP contribution in [-0.2, 0) is 13.1 Å². The Morgan fingerprint density at radius 3 is 2.75 bits per heavy atom. The molecule has 0 aromatic carbocycles. The van der Waals surface area contributed by atoms with Gasteiger partial charge >= 0.3 is 5.97 Å². The van der Waals surface area contributed by atoms with Crippen molar-refractivity contribution in [3.05, 3.63) is 11.4 Å². The van der Waals surface area contributed by atoms with Gasteiger partial charge in [-0.25, -0.2) is 9.48 Å². The van der Waals surface area contributed by atoms with Gasteiger partial charge < -0.3 is 10.8 Å². The zero-order valence-corrected chi connectivity index (χ0v) is 9.09. The first kappa shape index (κ1) is 11.1. The number of nitrogens with zero attached hydrogens (tertiary/aromatic N) is 3. The summed E-state index contributed by atoms with van der Waals surface area (Å²) in [5.74, 6) is -0.466. The Balaban J connectivity index is 2.16. The van der Waals surface area contributed by atoms with E-state index in [0.29, 0.717) is 11.6 Å². The van der Waals surface area contributed by atoms with E-state index in [1.807, 2.05) is 0 Å². The van der Waals surface area contributed by atoms with Crippen LogP contribution >= 0.6 is 0 Å². The van der Waals surface area contributed by atoms with E-state index in [1.165, 1.54) is 25.7 Å². The van der Waals surface area contributed by atoms with Crippen molar-refractivity contribution in [3.8, 4) is 0 Å². The summed E-state index contributed by atoms with van der Waals surface area (Å²) in [6.07, 6.45) is 4.88. The second-order valence-electron chi connectivity index (χ2n) is 4.23. The lowest BCUT2D eigenvalue weighted by atomic mass is 10.1. The molecule has 88 valence electrons. The highest BCUT2D eigenvalue weighted by molar-refractivity contribution is 5.86. The highest BCUT2D eigenvalue weighted by Gasteiger charge is 2.21. The number of hydrogen-bond donors (Lipinski definition) is 2. The van der Waals surface area contributed by atoms with Gasteiger partial charge in [-0.2, -0.15) is 0 Å². The van der Waals surface area contributed by atoms with E-state index in [0.717, 1.165) is 6.54 Å². The van der Waals surface area contributed by atoms with Crippen LogP contribution in [0.3, 0.4) is 0 Å². The van der Waals surface area contributed by atoms with E-state index >= 15 is 0 Å². The van der Waals surface area contributed by atoms with Gasteiger partial charge in [0.2, 0.25) is 0 Å². The smallest absolute Gasteiger partial charge is 0.358 e. The molecule has 3 N–H and O–H groups in total. The summed E-state index contributed by atoms with van der Waals surface area (Å²) in [6.45, 7) is 0.911. The largest absolute Gasteiger partial charge is 0.476 e. The van der Waals surface area contributed by atoms with Gasteiger partial charge in [-0.3, -0.25) is 0 Å². The molecule has 0 atom stereocenters. The average Bonchev–Trinajstić information content (AvgIpc) is 2.87. The molecule has 16 heavy (non-hydrogen) atoms. The van der Waals surface area contributed by atoms with Gasteiger partial charge in [-0.15, -0.1) is 5.10 Å². The van der Waals surface area contributed by atoms with Crippen LogP contribution in [0, 0.1) is 5.92 Å². The van der Waals surface area contributed by atoms with Gasteiger partial charge in [-0.1, -0.05) is 18.1 Å². The van der Waals surface area contributed by atoms with E-state index in [2.05, 4.69) is 10.3 Å². The summed E-state index contributed by atoms with van der Waals surface area (Å²) in [4.78, 5) is 10.9. The molecule has 1 aromatic rings. The predicted octanol–water partition coefficient (Wildman–Crippen LogP) is 0.625. The Bertz CT molecular complexity index is 382. The average molecular weight is 224 g/mol. The van der Waals surface area contributed by atoms with Gasteiger partial charge in [0, 0.05) is 13.1 Å². The third-order valence-electron chi connectivity index (χ3n) is 3.14. The lowest BCUT2D eigenvalue weighted by molar-refractivity contribution is 0.0689. The number of carboxylic acids is 1. The summed E-state index contributed by atoms with van der Waals surface area (Å²) in [6, 6.07) is 0. The van der Waals surface area contributed by atoms with Crippen molar-refractivity contribution in [3.63, 3.8) is 0 Å². The minimum atomic E-state index is -1.06. The lowest BCUT2D eigenvalue weighted by Crippen LogP contribution is -2.16. The van der Waals surface area contributed by atoms with E-state index in [1.54, 1.807) is 4.68 Å². The highest BCUT2D eigenvalue weighted by Crippen LogP contribution is 2.26. The molecule has 2 rings (SSSR count). The summed E-state index contributed by atoms with van der Waals surface area (Å²) in [5, 5.41) is 16.4. The third-order valence-corrected chi connectivity index (χ3v) is 3.14. The minimum absolute atomic E-state index is 0.0134. The number of aromatic nitrogens is 3. The molecule has 0 aliphatic heterocycles. The maximum Gasteiger partial charge on any atom is 0.358 e. The number of rotatable bonds is 4. The fourth-order valence-electron chi connectivity index (χ4n) is 2.29. The van der Waals surface area contributed by atoms with E-state index < -0.39 is 5.97 Å². The maximum absolute atomic E-state index is 10.9. The van der Waals surface area contributed by atoms with Gasteiger partial charge in [0.25, 0.3) is 0 Å². The number of aromatic carboxylic acids is 1. The van der Waals surface area contributed by atoms with Crippen molar-refractivity contribution in [1.82, 2.24) is 15.0 Å². The van der Waals surface area contributed by atoms with Crippen LogP contribution in [0.15, 0.2) is 0 Å². The molecule has 0 saturated heterocycles. The summed E-state index contributed by atoms with van der Waals surface area (Å²) >= 11 is 0. The fourth-order valence-corrected chi connectivity index (χ4v) is 2.29. The minimum Gasteiger partial charge on any atom is -0.476 e. The second-order valence-corrected chi connectivity index (χ2v) is 4.23. The molecule has 1 aromatic heterocycles. The first-order valence-electron chi connectivity index (χ1n) is 5.58. The van der Waals surface area contributed by atoms with Gasteiger partial charge in [-0.05, 0) is 18.8 Å². The van der Waals surface area contributed by atoms with Crippen molar-refractivity contribution >= 4 is 5.97 Å². The molecule has 6 heteroatoms. The zero-order valence-electron chi connectivity index (χ0n) is 9.09. The van der Waals surface area contributed by atoms with Crippen molar-refractivity contribution in [2.24, 2.45) is 11.7 Å². The summed E-state index contributed by atoms with van der Waals surface area (Å²) < 4.78 is 1.65. The molecule has 0 radical (unpaired) electrons. The second kappa shape index (κ2) is 4.61. The number of nitrogens with two attached hydrogens (primary N) is 1. The molecule has 0 unspecified atom stereocenters. The van der Waals surface area contributed by atoms with E-state index in [9.17, 15) is 4.79 Å². The van der Waals surface area contributed by atoms with Crippen molar-refractivity contribution in [1.29, 1.82) is 0 Å². The molecular weight excluding hydrogens is 208 g/mol. The van der Waals surface area contributed by atoms with E-state index in [4.69, 9.17) is 10.8 Å². The molecule has 1 heterocycles. The first-order chi connectivity index (χ1) is 7.72. The van der Waals surface area contributed by atoms with Gasteiger partial charge in [0.1, 0.15) is 0 Å². The van der Waals surface area contributed by atoms with Gasteiger partial charge in [0.05, 0.1) is 5.69 Å². The van der Waals surface area contributed by atoms with Crippen LogP contribution in [0.1, 0.15) is 41.9 Å². The molecule has 0 bridgehead atoms. The third kappa shape index (κ3) is 2.06. The van der Waals surface area contributed by atoms with Crippen molar-refractivity contribution in [2.45, 2.75) is 38.8 Å². The number of carboxylic acid groups (broad SMARTS) is 1. The molecule has 6 nitrogen and oxygen atoms in total. The predicted molar refractivity (Wildman–Crippen MR) is 56.8 cm³/mol. The van der Waals surface area contributed by atoms with E-state index in [-0.39, 0.29) is 12.2 Å². The Labute approximate surface area is 93.4 Å². The molecular formula is C10H16N4O2. The van der Waals surface area contributed by atoms with Crippen LogP contribution in [0.5, 0.6) is 0 Å². The zero-order chi connectivity index (χ0) is 11.5. The van der Waals surface area contributed by atoms with Gasteiger partial charge in [0.15, 0.2) is 5.69 Å². The summed E-state index contributed by atoms with van der Waals surface area (Å²) in [7, 11) is 0. The van der Waals surface area contributed by atoms with Crippen molar-refractivity contribution < 1.29 is 9.90 Å². The Hall–Kier alpha value is -1.43. The van der Waals surface area contributed by atoms with Crippen molar-refractivity contribution in [2.75, 3.05) is 0 Å². The summed E-state index contributed by atoms with van der Waals surface area (Å²) in [5.41, 5.74) is 6.06. The first-order valence-corrected chi connectivity index (χ1v) is 5.58. The highest BCUT2D eigenvalue weighted by atomic mass is 16.4. The Kier molecular flexibility index (Phi) is 3.19. The maximum atomic E-state index is 10.9. The number of hydrogen-bond acceptors (Lipinski definition) is 4. The van der Waals surface area contributed by atoms with Crippen LogP contribution in [-0.4, -0.2) is 26.1 Å². The lowest BCUT2D eigenvalue weighted by Gasteiger charge is -2.10.